The van der Waals surface area contributed by atoms with Gasteiger partial charge in [0.2, 0.25) is 0 Å². The van der Waals surface area contributed by atoms with Crippen LogP contribution in [0, 0.1) is 11.3 Å². The smallest absolute Gasteiger partial charge is 0.274 e. The summed E-state index contributed by atoms with van der Waals surface area (Å²) in [4.78, 5) is 18.7. The maximum absolute atomic E-state index is 12.3. The first-order valence-corrected chi connectivity index (χ1v) is 7.29. The van der Waals surface area contributed by atoms with Gasteiger partial charge in [-0.3, -0.25) is 9.78 Å². The van der Waals surface area contributed by atoms with Crippen LogP contribution in [0.3, 0.4) is 0 Å². The fourth-order valence-corrected chi connectivity index (χ4v) is 2.59. The van der Waals surface area contributed by atoms with Gasteiger partial charge in [0.25, 0.3) is 5.91 Å². The topological polar surface area (TPSA) is 69.0 Å². The van der Waals surface area contributed by atoms with Gasteiger partial charge in [-0.05, 0) is 37.1 Å². The highest BCUT2D eigenvalue weighted by Gasteiger charge is 2.15. The average Bonchev–Trinajstić information content (AvgIpc) is 3.10. The average molecular weight is 292 g/mol. The Morgan fingerprint density at radius 1 is 1.23 bits per heavy atom. The maximum atomic E-state index is 12.3. The van der Waals surface area contributed by atoms with Crippen LogP contribution in [0.4, 0.5) is 11.4 Å². The molecule has 0 aliphatic carbocycles. The van der Waals surface area contributed by atoms with Gasteiger partial charge in [0.1, 0.15) is 11.8 Å². The van der Waals surface area contributed by atoms with Gasteiger partial charge in [-0.15, -0.1) is 0 Å². The van der Waals surface area contributed by atoms with Crippen LogP contribution in [0.1, 0.15) is 28.9 Å². The van der Waals surface area contributed by atoms with Crippen molar-refractivity contribution in [3.8, 4) is 6.07 Å². The number of nitrogens with zero attached hydrogens (tertiary/aromatic N) is 3. The SMILES string of the molecule is N#Cc1ccccc1NC(=O)c1cc(N2CCCC2)ccn1. The molecule has 110 valence electrons. The molecule has 1 aromatic heterocycles. The minimum Gasteiger partial charge on any atom is -0.371 e. The van der Waals surface area contributed by atoms with Crippen molar-refractivity contribution in [2.24, 2.45) is 0 Å². The first-order valence-electron chi connectivity index (χ1n) is 7.29. The van der Waals surface area contributed by atoms with Gasteiger partial charge in [-0.25, -0.2) is 0 Å². The number of aromatic nitrogens is 1. The largest absolute Gasteiger partial charge is 0.371 e. The summed E-state index contributed by atoms with van der Waals surface area (Å²) in [6.07, 6.45) is 4.01. The molecule has 1 N–H and O–H groups in total. The van der Waals surface area contributed by atoms with Crippen LogP contribution in [0.25, 0.3) is 0 Å². The molecule has 1 amide bonds. The Morgan fingerprint density at radius 2 is 2.00 bits per heavy atom. The highest BCUT2D eigenvalue weighted by atomic mass is 16.1. The van der Waals surface area contributed by atoms with Gasteiger partial charge in [0.05, 0.1) is 11.3 Å². The van der Waals surface area contributed by atoms with E-state index in [4.69, 9.17) is 5.26 Å². The normalized spacial score (nSPS) is 13.7. The first-order chi connectivity index (χ1) is 10.8. The minimum absolute atomic E-state index is 0.302. The second-order valence-electron chi connectivity index (χ2n) is 5.20. The van der Waals surface area contributed by atoms with Crippen molar-refractivity contribution in [1.29, 1.82) is 5.26 Å². The molecule has 0 saturated carbocycles. The predicted octanol–water partition coefficient (Wildman–Crippen LogP) is 2.81. The van der Waals surface area contributed by atoms with Crippen molar-refractivity contribution in [3.63, 3.8) is 0 Å². The lowest BCUT2D eigenvalue weighted by Gasteiger charge is -2.17. The lowest BCUT2D eigenvalue weighted by Crippen LogP contribution is -2.19. The molecule has 2 aromatic rings. The Morgan fingerprint density at radius 3 is 2.77 bits per heavy atom. The molecule has 0 spiro atoms. The number of nitriles is 1. The Bertz CT molecular complexity index is 729. The Balaban J connectivity index is 1.80. The van der Waals surface area contributed by atoms with Crippen molar-refractivity contribution in [2.75, 3.05) is 23.3 Å². The third-order valence-corrected chi connectivity index (χ3v) is 3.74. The molecule has 0 unspecified atom stereocenters. The highest BCUT2D eigenvalue weighted by molar-refractivity contribution is 6.04. The monoisotopic (exact) mass is 292 g/mol. The number of benzene rings is 1. The molecule has 1 fully saturated rings. The molecule has 0 radical (unpaired) electrons. The third-order valence-electron chi connectivity index (χ3n) is 3.74. The molecule has 1 aliphatic heterocycles. The summed E-state index contributed by atoms with van der Waals surface area (Å²) >= 11 is 0. The maximum Gasteiger partial charge on any atom is 0.274 e. The molecule has 22 heavy (non-hydrogen) atoms. The number of para-hydroxylation sites is 1. The molecule has 0 bridgehead atoms. The number of carbonyl (C=O) groups excluding carboxylic acids is 1. The molecule has 3 rings (SSSR count). The van der Waals surface area contributed by atoms with E-state index < -0.39 is 0 Å². The van der Waals surface area contributed by atoms with Crippen molar-refractivity contribution in [3.05, 3.63) is 53.9 Å². The zero-order chi connectivity index (χ0) is 15.4. The van der Waals surface area contributed by atoms with Gasteiger partial charge in [0, 0.05) is 25.0 Å². The van der Waals surface area contributed by atoms with E-state index in [0.29, 0.717) is 16.9 Å². The standard InChI is InChI=1S/C17H16N4O/c18-12-13-5-1-2-6-15(13)20-17(22)16-11-14(7-8-19-16)21-9-3-4-10-21/h1-2,5-8,11H,3-4,9-10H2,(H,20,22). The zero-order valence-corrected chi connectivity index (χ0v) is 12.1. The summed E-state index contributed by atoms with van der Waals surface area (Å²) in [7, 11) is 0. The van der Waals surface area contributed by atoms with E-state index in [1.165, 1.54) is 12.8 Å². The van der Waals surface area contributed by atoms with Gasteiger partial charge in [-0.1, -0.05) is 12.1 Å². The second-order valence-corrected chi connectivity index (χ2v) is 5.20. The van der Waals surface area contributed by atoms with Gasteiger partial charge in [-0.2, -0.15) is 5.26 Å². The second kappa shape index (κ2) is 6.27. The molecule has 5 nitrogen and oxygen atoms in total. The molecule has 2 heterocycles. The van der Waals surface area contributed by atoms with E-state index in [9.17, 15) is 4.79 Å². The third kappa shape index (κ3) is 2.91. The van der Waals surface area contributed by atoms with Crippen molar-refractivity contribution < 1.29 is 4.79 Å². The van der Waals surface area contributed by atoms with E-state index in [0.717, 1.165) is 18.8 Å². The molecule has 5 heteroatoms. The van der Waals surface area contributed by atoms with Crippen molar-refractivity contribution in [2.45, 2.75) is 12.8 Å². The van der Waals surface area contributed by atoms with E-state index in [-0.39, 0.29) is 5.91 Å². The number of carbonyl (C=O) groups is 1. The van der Waals surface area contributed by atoms with Crippen LogP contribution < -0.4 is 10.2 Å². The van der Waals surface area contributed by atoms with E-state index in [2.05, 4.69) is 21.3 Å². The molecule has 1 aliphatic rings. The number of amides is 1. The lowest BCUT2D eigenvalue weighted by atomic mass is 10.2. The van der Waals surface area contributed by atoms with E-state index >= 15 is 0 Å². The van der Waals surface area contributed by atoms with Crippen LogP contribution >= 0.6 is 0 Å². The molecule has 1 saturated heterocycles. The van der Waals surface area contributed by atoms with Crippen LogP contribution in [0.15, 0.2) is 42.6 Å². The van der Waals surface area contributed by atoms with Gasteiger partial charge in [0.15, 0.2) is 0 Å². The van der Waals surface area contributed by atoms with E-state index in [1.807, 2.05) is 6.07 Å². The van der Waals surface area contributed by atoms with Crippen LogP contribution in [0.5, 0.6) is 0 Å². The fraction of sp³-hybridized carbons (Fsp3) is 0.235. The summed E-state index contributed by atoms with van der Waals surface area (Å²) in [6.45, 7) is 2.03. The number of anilines is 2. The first kappa shape index (κ1) is 14.1. The number of pyridine rings is 1. The fourth-order valence-electron chi connectivity index (χ4n) is 2.59. The summed E-state index contributed by atoms with van der Waals surface area (Å²) in [6, 6.07) is 12.7. The van der Waals surface area contributed by atoms with Gasteiger partial charge < -0.3 is 10.2 Å². The number of nitrogens with one attached hydrogen (secondary N) is 1. The quantitative estimate of drug-likeness (QED) is 0.944. The number of rotatable bonds is 3. The zero-order valence-electron chi connectivity index (χ0n) is 12.1. The van der Waals surface area contributed by atoms with Gasteiger partial charge >= 0.3 is 0 Å². The predicted molar refractivity (Wildman–Crippen MR) is 84.8 cm³/mol. The lowest BCUT2D eigenvalue weighted by molar-refractivity contribution is 0.102. The molecule has 0 atom stereocenters. The summed E-state index contributed by atoms with van der Waals surface area (Å²) in [5, 5.41) is 11.8. The summed E-state index contributed by atoms with van der Waals surface area (Å²) in [5.41, 5.74) is 2.32. The number of hydrogen-bond acceptors (Lipinski definition) is 4. The van der Waals surface area contributed by atoms with Crippen LogP contribution in [-0.2, 0) is 0 Å². The molecular formula is C17H16N4O. The summed E-state index contributed by atoms with van der Waals surface area (Å²) in [5.74, 6) is -0.302. The Kier molecular flexibility index (Phi) is 4.01. The minimum atomic E-state index is -0.302. The van der Waals surface area contributed by atoms with Crippen molar-refractivity contribution in [1.82, 2.24) is 4.98 Å². The van der Waals surface area contributed by atoms with Crippen LogP contribution in [0.2, 0.25) is 0 Å². The Labute approximate surface area is 129 Å². The Hall–Kier alpha value is -2.87. The molecular weight excluding hydrogens is 276 g/mol. The number of hydrogen-bond donors (Lipinski definition) is 1. The van der Waals surface area contributed by atoms with Crippen LogP contribution in [-0.4, -0.2) is 24.0 Å². The van der Waals surface area contributed by atoms with Crippen molar-refractivity contribution >= 4 is 17.3 Å². The summed E-state index contributed by atoms with van der Waals surface area (Å²) < 4.78 is 0. The highest BCUT2D eigenvalue weighted by Crippen LogP contribution is 2.21. The molecule has 1 aromatic carbocycles. The van der Waals surface area contributed by atoms with E-state index in [1.54, 1.807) is 36.5 Å².